The maximum absolute atomic E-state index is 13.3. The van der Waals surface area contributed by atoms with Gasteiger partial charge in [0, 0.05) is 5.69 Å². The molecule has 2 heterocycles. The zero-order valence-corrected chi connectivity index (χ0v) is 18.6. The number of ether oxygens (including phenoxy) is 2. The summed E-state index contributed by atoms with van der Waals surface area (Å²) in [5, 5.41) is 9.02. The lowest BCUT2D eigenvalue weighted by Gasteiger charge is -2.17. The number of carboxylic acid groups (broad SMARTS) is 1. The van der Waals surface area contributed by atoms with Gasteiger partial charge in [-0.1, -0.05) is 12.1 Å². The minimum absolute atomic E-state index is 0.0333. The first-order valence-electron chi connectivity index (χ1n) is 10.4. The van der Waals surface area contributed by atoms with E-state index in [0.29, 0.717) is 16.8 Å². The predicted molar refractivity (Wildman–Crippen MR) is 119 cm³/mol. The second-order valence-corrected chi connectivity index (χ2v) is 7.78. The lowest BCUT2D eigenvalue weighted by Crippen LogP contribution is -2.40. The van der Waals surface area contributed by atoms with Gasteiger partial charge in [0.05, 0.1) is 30.5 Å². The van der Waals surface area contributed by atoms with Gasteiger partial charge in [-0.2, -0.15) is 13.2 Å². The third kappa shape index (κ3) is 4.67. The quantitative estimate of drug-likeness (QED) is 0.528. The molecular weight excluding hydrogens is 487 g/mol. The van der Waals surface area contributed by atoms with Gasteiger partial charge in [0.2, 0.25) is 5.75 Å². The van der Waals surface area contributed by atoms with Crippen molar-refractivity contribution in [1.29, 1.82) is 0 Å². The van der Waals surface area contributed by atoms with E-state index in [0.717, 1.165) is 22.9 Å². The molecule has 0 bridgehead atoms. The summed E-state index contributed by atoms with van der Waals surface area (Å²) < 4.78 is 50.9. The van der Waals surface area contributed by atoms with Gasteiger partial charge < -0.3 is 14.6 Å². The fourth-order valence-corrected chi connectivity index (χ4v) is 3.82. The monoisotopic (exact) mass is 505 g/mol. The highest BCUT2D eigenvalue weighted by atomic mass is 19.4. The van der Waals surface area contributed by atoms with Crippen LogP contribution in [0.5, 0.6) is 5.75 Å². The Morgan fingerprint density at radius 2 is 1.75 bits per heavy atom. The molecule has 3 aromatic rings. The fourth-order valence-electron chi connectivity index (χ4n) is 3.82. The Kier molecular flexibility index (Phi) is 6.31. The molecule has 0 atom stereocenters. The summed E-state index contributed by atoms with van der Waals surface area (Å²) in [5.41, 5.74) is -2.50. The third-order valence-electron chi connectivity index (χ3n) is 5.62. The van der Waals surface area contributed by atoms with Gasteiger partial charge in [-0.05, 0) is 48.4 Å². The van der Waals surface area contributed by atoms with E-state index in [2.05, 4.69) is 4.74 Å². The van der Waals surface area contributed by atoms with Crippen LogP contribution in [0.25, 0.3) is 5.69 Å². The summed E-state index contributed by atoms with van der Waals surface area (Å²) in [6, 6.07) is 9.26. The van der Waals surface area contributed by atoms with Crippen molar-refractivity contribution in [3.05, 3.63) is 86.2 Å². The van der Waals surface area contributed by atoms with E-state index >= 15 is 0 Å². The van der Waals surface area contributed by atoms with Crippen molar-refractivity contribution in [2.45, 2.75) is 19.6 Å². The molecule has 0 unspecified atom stereocenters. The molecule has 13 heteroatoms. The highest BCUT2D eigenvalue weighted by Gasteiger charge is 2.33. The van der Waals surface area contributed by atoms with Crippen LogP contribution in [0.3, 0.4) is 0 Å². The molecule has 1 saturated heterocycles. The van der Waals surface area contributed by atoms with Crippen molar-refractivity contribution in [3.63, 3.8) is 0 Å². The number of anilines is 1. The number of aromatic nitrogens is 2. The SMILES string of the molecule is Cc1c(Cn2c(=O)c(OC(=O)O)cn(-c3ccc(N4CCOC4=O)cc3)c2=O)cccc1C(F)(F)F. The smallest absolute Gasteiger partial charge is 0.449 e. The summed E-state index contributed by atoms with van der Waals surface area (Å²) in [5.74, 6) is -0.723. The summed E-state index contributed by atoms with van der Waals surface area (Å²) in [4.78, 5) is 50.3. The van der Waals surface area contributed by atoms with Gasteiger partial charge in [0.1, 0.15) is 6.61 Å². The van der Waals surface area contributed by atoms with Gasteiger partial charge in [-0.15, -0.1) is 0 Å². The molecule has 1 aliphatic rings. The number of rotatable bonds is 5. The maximum Gasteiger partial charge on any atom is 0.511 e. The Balaban J connectivity index is 1.81. The standard InChI is InChI=1S/C23H18F3N3O7/c1-13-14(3-2-4-17(13)23(24,25)26)11-29-19(30)18(36-22(33)34)12-28(20(29)31)16-7-5-15(6-8-16)27-9-10-35-21(27)32/h2-8,12H,9-11H2,1H3,(H,33,34). The van der Waals surface area contributed by atoms with Crippen molar-refractivity contribution in [2.24, 2.45) is 0 Å². The van der Waals surface area contributed by atoms with Gasteiger partial charge in [0.25, 0.3) is 5.56 Å². The van der Waals surface area contributed by atoms with Gasteiger partial charge in [-0.25, -0.2) is 14.4 Å². The highest BCUT2D eigenvalue weighted by molar-refractivity contribution is 5.89. The zero-order valence-electron chi connectivity index (χ0n) is 18.6. The molecule has 36 heavy (non-hydrogen) atoms. The fraction of sp³-hybridized carbons (Fsp3) is 0.217. The molecular formula is C23H18F3N3O7. The van der Waals surface area contributed by atoms with Crippen LogP contribution in [0.1, 0.15) is 16.7 Å². The summed E-state index contributed by atoms with van der Waals surface area (Å²) >= 11 is 0. The first-order valence-corrected chi connectivity index (χ1v) is 10.4. The topological polar surface area (TPSA) is 120 Å². The number of amides is 1. The summed E-state index contributed by atoms with van der Waals surface area (Å²) in [6.45, 7) is 1.19. The molecule has 0 spiro atoms. The van der Waals surface area contributed by atoms with E-state index in [9.17, 15) is 32.3 Å². The van der Waals surface area contributed by atoms with E-state index in [1.807, 2.05) is 0 Å². The molecule has 2 aromatic carbocycles. The number of alkyl halides is 3. The second kappa shape index (κ2) is 9.24. The first-order chi connectivity index (χ1) is 17.0. The molecule has 0 aliphatic carbocycles. The van der Waals surface area contributed by atoms with E-state index in [1.165, 1.54) is 42.2 Å². The van der Waals surface area contributed by atoms with Crippen LogP contribution in [0, 0.1) is 6.92 Å². The molecule has 188 valence electrons. The average molecular weight is 505 g/mol. The molecule has 1 aromatic heterocycles. The zero-order chi connectivity index (χ0) is 26.2. The van der Waals surface area contributed by atoms with Gasteiger partial charge >= 0.3 is 24.1 Å². The number of cyclic esters (lactones) is 1. The van der Waals surface area contributed by atoms with Crippen LogP contribution in [-0.4, -0.2) is 39.6 Å². The van der Waals surface area contributed by atoms with Crippen LogP contribution in [0.4, 0.5) is 28.4 Å². The van der Waals surface area contributed by atoms with Crippen LogP contribution in [0.2, 0.25) is 0 Å². The summed E-state index contributed by atoms with van der Waals surface area (Å²) in [7, 11) is 0. The number of nitrogens with zero attached hydrogens (tertiary/aromatic N) is 3. The Morgan fingerprint density at radius 3 is 2.33 bits per heavy atom. The largest absolute Gasteiger partial charge is 0.511 e. The van der Waals surface area contributed by atoms with Crippen LogP contribution >= 0.6 is 0 Å². The third-order valence-corrected chi connectivity index (χ3v) is 5.62. The molecule has 1 amide bonds. The molecule has 1 fully saturated rings. The predicted octanol–water partition coefficient (Wildman–Crippen LogP) is 3.39. The summed E-state index contributed by atoms with van der Waals surface area (Å²) in [6.07, 6.45) is -6.12. The minimum atomic E-state index is -4.65. The minimum Gasteiger partial charge on any atom is -0.449 e. The van der Waals surface area contributed by atoms with Crippen LogP contribution in [0.15, 0.2) is 58.3 Å². The molecule has 0 radical (unpaired) electrons. The lowest BCUT2D eigenvalue weighted by molar-refractivity contribution is -0.138. The number of benzene rings is 2. The van der Waals surface area contributed by atoms with E-state index in [4.69, 9.17) is 9.84 Å². The Bertz CT molecular complexity index is 1460. The molecule has 1 aliphatic heterocycles. The van der Waals surface area contributed by atoms with Crippen molar-refractivity contribution >= 4 is 17.9 Å². The molecule has 10 nitrogen and oxygen atoms in total. The number of hydrogen-bond donors (Lipinski definition) is 1. The van der Waals surface area contributed by atoms with Gasteiger partial charge in [-0.3, -0.25) is 18.8 Å². The number of hydrogen-bond acceptors (Lipinski definition) is 6. The second-order valence-electron chi connectivity index (χ2n) is 7.78. The normalized spacial score (nSPS) is 13.6. The molecule has 1 N–H and O–H groups in total. The Labute approximate surface area is 200 Å². The lowest BCUT2D eigenvalue weighted by atomic mass is 10.0. The van der Waals surface area contributed by atoms with Crippen molar-refractivity contribution in [1.82, 2.24) is 9.13 Å². The van der Waals surface area contributed by atoms with E-state index < -0.39 is 47.5 Å². The van der Waals surface area contributed by atoms with Crippen molar-refractivity contribution in [3.8, 4) is 11.4 Å². The Morgan fingerprint density at radius 1 is 1.08 bits per heavy atom. The first kappa shape index (κ1) is 24.6. The molecule has 0 saturated carbocycles. The Hall–Kier alpha value is -4.55. The average Bonchev–Trinajstić information content (AvgIpc) is 3.24. The van der Waals surface area contributed by atoms with Crippen LogP contribution < -0.4 is 20.9 Å². The van der Waals surface area contributed by atoms with Gasteiger partial charge in [0.15, 0.2) is 0 Å². The van der Waals surface area contributed by atoms with Crippen LogP contribution in [-0.2, 0) is 17.5 Å². The number of halogens is 3. The van der Waals surface area contributed by atoms with E-state index in [1.54, 1.807) is 0 Å². The molecule has 4 rings (SSSR count). The number of carbonyl (C=O) groups excluding carboxylic acids is 1. The highest BCUT2D eigenvalue weighted by Crippen LogP contribution is 2.33. The van der Waals surface area contributed by atoms with E-state index in [-0.39, 0.29) is 23.4 Å². The number of carbonyl (C=O) groups is 2. The van der Waals surface area contributed by atoms with Crippen molar-refractivity contribution < 1.29 is 37.3 Å². The maximum atomic E-state index is 13.3. The van der Waals surface area contributed by atoms with Crippen molar-refractivity contribution in [2.75, 3.05) is 18.1 Å².